The third-order valence-electron chi connectivity index (χ3n) is 4.66. The minimum atomic E-state index is 0.177. The van der Waals surface area contributed by atoms with E-state index in [-0.39, 0.29) is 5.91 Å². The number of hydrogen-bond acceptors (Lipinski definition) is 6. The Morgan fingerprint density at radius 2 is 1.93 bits per heavy atom. The average Bonchev–Trinajstić information content (AvgIpc) is 3.15. The molecule has 1 amide bonds. The van der Waals surface area contributed by atoms with E-state index in [0.29, 0.717) is 5.75 Å². The van der Waals surface area contributed by atoms with Gasteiger partial charge in [0.2, 0.25) is 5.91 Å². The normalized spacial score (nSPS) is 14.5. The van der Waals surface area contributed by atoms with E-state index in [1.165, 1.54) is 0 Å². The van der Waals surface area contributed by atoms with Crippen molar-refractivity contribution in [2.75, 3.05) is 43.9 Å². The van der Waals surface area contributed by atoms with Crippen molar-refractivity contribution >= 4 is 56.0 Å². The lowest BCUT2D eigenvalue weighted by atomic mass is 10.3. The first-order valence-corrected chi connectivity index (χ1v) is 11.2. The molecule has 0 atom stereocenters. The molecule has 0 bridgehead atoms. The number of nitrogens with zero attached hydrogens (tertiary/aromatic N) is 3. The van der Waals surface area contributed by atoms with E-state index in [9.17, 15) is 4.79 Å². The van der Waals surface area contributed by atoms with E-state index in [1.807, 2.05) is 47.4 Å². The monoisotopic (exact) mass is 433 g/mol. The van der Waals surface area contributed by atoms with E-state index in [2.05, 4.69) is 4.90 Å². The van der Waals surface area contributed by atoms with Gasteiger partial charge in [-0.15, -0.1) is 11.8 Å². The van der Waals surface area contributed by atoms with Crippen LogP contribution in [0.3, 0.4) is 0 Å². The van der Waals surface area contributed by atoms with Crippen molar-refractivity contribution in [1.82, 2.24) is 9.88 Å². The zero-order valence-corrected chi connectivity index (χ0v) is 17.8. The molecule has 1 aliphatic rings. The van der Waals surface area contributed by atoms with Crippen molar-refractivity contribution < 1.29 is 9.53 Å². The van der Waals surface area contributed by atoms with Crippen LogP contribution in [0.2, 0.25) is 5.02 Å². The van der Waals surface area contributed by atoms with Crippen LogP contribution < -0.4 is 9.64 Å². The molecule has 0 aliphatic carbocycles. The van der Waals surface area contributed by atoms with Gasteiger partial charge in [0.1, 0.15) is 5.75 Å². The van der Waals surface area contributed by atoms with E-state index in [4.69, 9.17) is 21.3 Å². The summed E-state index contributed by atoms with van der Waals surface area (Å²) in [4.78, 5) is 22.5. The average molecular weight is 434 g/mol. The van der Waals surface area contributed by atoms with Crippen LogP contribution in [-0.2, 0) is 4.79 Å². The number of carbonyl (C=O) groups excluding carboxylic acids is 1. The number of carbonyl (C=O) groups is 1. The summed E-state index contributed by atoms with van der Waals surface area (Å²) in [5, 5.41) is 1.73. The molecule has 0 radical (unpaired) electrons. The summed E-state index contributed by atoms with van der Waals surface area (Å²) in [5.41, 5.74) is 0.971. The molecule has 0 spiro atoms. The Balaban J connectivity index is 1.30. The Kier molecular flexibility index (Phi) is 5.94. The molecule has 2 heterocycles. The Labute approximate surface area is 177 Å². The van der Waals surface area contributed by atoms with Gasteiger partial charge in [0.25, 0.3) is 0 Å². The molecule has 1 saturated heterocycles. The van der Waals surface area contributed by atoms with Crippen LogP contribution in [0.4, 0.5) is 5.13 Å². The topological polar surface area (TPSA) is 45.7 Å². The van der Waals surface area contributed by atoms with Crippen LogP contribution in [0, 0.1) is 0 Å². The molecule has 1 fully saturated rings. The Morgan fingerprint density at radius 1 is 1.18 bits per heavy atom. The lowest BCUT2D eigenvalue weighted by Gasteiger charge is -2.34. The molecule has 8 heteroatoms. The number of methoxy groups -OCH3 is 1. The van der Waals surface area contributed by atoms with Crippen LogP contribution in [0.25, 0.3) is 10.2 Å². The Bertz CT molecular complexity index is 969. The zero-order chi connectivity index (χ0) is 19.5. The second kappa shape index (κ2) is 8.59. The van der Waals surface area contributed by atoms with Gasteiger partial charge >= 0.3 is 0 Å². The molecular formula is C20H20ClN3O2S2. The fourth-order valence-corrected chi connectivity index (χ4v) is 5.17. The lowest BCUT2D eigenvalue weighted by molar-refractivity contribution is -0.128. The van der Waals surface area contributed by atoms with Crippen molar-refractivity contribution in [3.05, 3.63) is 47.5 Å². The third-order valence-corrected chi connectivity index (χ3v) is 6.97. The summed E-state index contributed by atoms with van der Waals surface area (Å²) < 4.78 is 6.26. The molecule has 28 heavy (non-hydrogen) atoms. The highest BCUT2D eigenvalue weighted by molar-refractivity contribution is 8.00. The van der Waals surface area contributed by atoms with Gasteiger partial charge in [0.15, 0.2) is 5.13 Å². The van der Waals surface area contributed by atoms with Crippen LogP contribution in [0.1, 0.15) is 0 Å². The molecular weight excluding hydrogens is 414 g/mol. The van der Waals surface area contributed by atoms with Crippen LogP contribution >= 0.6 is 34.7 Å². The Hall–Kier alpha value is -1.96. The maximum absolute atomic E-state index is 12.6. The second-order valence-electron chi connectivity index (χ2n) is 6.44. The largest absolute Gasteiger partial charge is 0.497 e. The number of benzene rings is 2. The summed E-state index contributed by atoms with van der Waals surface area (Å²) in [6.45, 7) is 3.04. The third kappa shape index (κ3) is 4.37. The van der Waals surface area contributed by atoms with Gasteiger partial charge in [0.05, 0.1) is 23.1 Å². The molecule has 0 saturated carbocycles. The van der Waals surface area contributed by atoms with Crippen molar-refractivity contribution in [2.45, 2.75) is 4.90 Å². The molecule has 0 unspecified atom stereocenters. The summed E-state index contributed by atoms with van der Waals surface area (Å²) in [7, 11) is 1.65. The molecule has 1 aromatic heterocycles. The van der Waals surface area contributed by atoms with Gasteiger partial charge in [-0.3, -0.25) is 4.79 Å². The molecule has 5 nitrogen and oxygen atoms in total. The van der Waals surface area contributed by atoms with E-state index < -0.39 is 0 Å². The number of rotatable bonds is 5. The first kappa shape index (κ1) is 19.4. The van der Waals surface area contributed by atoms with Crippen molar-refractivity contribution in [2.24, 2.45) is 0 Å². The number of aromatic nitrogens is 1. The SMILES string of the molecule is COc1ccc(SCC(=O)N2CCN(c3nc4ccc(Cl)cc4s3)CC2)cc1. The highest BCUT2D eigenvalue weighted by Gasteiger charge is 2.23. The highest BCUT2D eigenvalue weighted by Crippen LogP contribution is 2.31. The maximum Gasteiger partial charge on any atom is 0.233 e. The number of anilines is 1. The van der Waals surface area contributed by atoms with Crippen molar-refractivity contribution in [1.29, 1.82) is 0 Å². The zero-order valence-electron chi connectivity index (χ0n) is 15.4. The van der Waals surface area contributed by atoms with Crippen LogP contribution in [-0.4, -0.2) is 54.8 Å². The molecule has 2 aromatic carbocycles. The summed E-state index contributed by atoms with van der Waals surface area (Å²) in [6.07, 6.45) is 0. The predicted octanol–water partition coefficient (Wildman–Crippen LogP) is 4.40. The molecule has 3 aromatic rings. The molecule has 146 valence electrons. The standard InChI is InChI=1S/C20H20ClN3O2S2/c1-26-15-3-5-16(6-4-15)27-13-19(25)23-8-10-24(11-9-23)20-22-17-7-2-14(21)12-18(17)28-20/h2-7,12H,8-11,13H2,1H3. The first-order chi connectivity index (χ1) is 13.6. The lowest BCUT2D eigenvalue weighted by Crippen LogP contribution is -2.49. The van der Waals surface area contributed by atoms with Crippen molar-refractivity contribution in [3.8, 4) is 5.75 Å². The predicted molar refractivity (Wildman–Crippen MR) is 117 cm³/mol. The van der Waals surface area contributed by atoms with E-state index in [0.717, 1.165) is 57.2 Å². The highest BCUT2D eigenvalue weighted by atomic mass is 35.5. The number of thioether (sulfide) groups is 1. The van der Waals surface area contributed by atoms with Gasteiger partial charge in [-0.05, 0) is 42.5 Å². The molecule has 4 rings (SSSR count). The van der Waals surface area contributed by atoms with Gasteiger partial charge in [-0.25, -0.2) is 4.98 Å². The summed E-state index contributed by atoms with van der Waals surface area (Å²) >= 11 is 9.28. The summed E-state index contributed by atoms with van der Waals surface area (Å²) in [6, 6.07) is 13.6. The number of amides is 1. The van der Waals surface area contributed by atoms with E-state index in [1.54, 1.807) is 30.2 Å². The number of hydrogen-bond donors (Lipinski definition) is 0. The van der Waals surface area contributed by atoms with Crippen LogP contribution in [0.5, 0.6) is 5.75 Å². The first-order valence-electron chi connectivity index (χ1n) is 8.98. The Morgan fingerprint density at radius 3 is 2.64 bits per heavy atom. The van der Waals surface area contributed by atoms with Gasteiger partial charge in [-0.1, -0.05) is 22.9 Å². The minimum absolute atomic E-state index is 0.177. The number of piperazine rings is 1. The number of halogens is 1. The van der Waals surface area contributed by atoms with E-state index >= 15 is 0 Å². The smallest absolute Gasteiger partial charge is 0.233 e. The number of fused-ring (bicyclic) bond motifs is 1. The van der Waals surface area contributed by atoms with Crippen LogP contribution in [0.15, 0.2) is 47.4 Å². The van der Waals surface area contributed by atoms with Gasteiger partial charge < -0.3 is 14.5 Å². The van der Waals surface area contributed by atoms with Crippen molar-refractivity contribution in [3.63, 3.8) is 0 Å². The summed E-state index contributed by atoms with van der Waals surface area (Å²) in [5.74, 6) is 1.45. The quantitative estimate of drug-likeness (QED) is 0.558. The fourth-order valence-electron chi connectivity index (χ4n) is 3.08. The molecule has 0 N–H and O–H groups in total. The maximum atomic E-state index is 12.6. The second-order valence-corrected chi connectivity index (χ2v) is 8.93. The number of thiazole rings is 1. The number of ether oxygens (including phenoxy) is 1. The van der Waals surface area contributed by atoms with Gasteiger partial charge in [-0.2, -0.15) is 0 Å². The fraction of sp³-hybridized carbons (Fsp3) is 0.300. The molecule has 1 aliphatic heterocycles. The minimum Gasteiger partial charge on any atom is -0.497 e. The van der Waals surface area contributed by atoms with Gasteiger partial charge in [0, 0.05) is 36.1 Å².